The molecule has 0 saturated heterocycles. The summed E-state index contributed by atoms with van der Waals surface area (Å²) >= 11 is 2.49. The van der Waals surface area contributed by atoms with Crippen LogP contribution in [0.5, 0.6) is 5.75 Å². The Morgan fingerprint density at radius 3 is 2.66 bits per heavy atom. The van der Waals surface area contributed by atoms with Crippen molar-refractivity contribution < 1.29 is 14.5 Å². The summed E-state index contributed by atoms with van der Waals surface area (Å²) < 4.78 is 6.53. The molecule has 12 heteroatoms. The van der Waals surface area contributed by atoms with E-state index in [-0.39, 0.29) is 17.2 Å². The lowest BCUT2D eigenvalue weighted by Gasteiger charge is -2.15. The first-order valence-electron chi connectivity index (χ1n) is 10.3. The summed E-state index contributed by atoms with van der Waals surface area (Å²) in [6.45, 7) is 1.71. The summed E-state index contributed by atoms with van der Waals surface area (Å²) in [5.74, 6) is 0.610. The van der Waals surface area contributed by atoms with Gasteiger partial charge in [-0.1, -0.05) is 23.9 Å². The molecule has 3 heterocycles. The van der Waals surface area contributed by atoms with E-state index in [4.69, 9.17) is 4.74 Å². The summed E-state index contributed by atoms with van der Waals surface area (Å²) in [6, 6.07) is 13.1. The van der Waals surface area contributed by atoms with Gasteiger partial charge < -0.3 is 10.1 Å². The number of fused-ring (bicyclic) bond motifs is 2. The number of carbonyl (C=O) groups excluding carboxylic acids is 1. The Labute approximate surface area is 206 Å². The lowest BCUT2D eigenvalue weighted by molar-refractivity contribution is -0.384. The van der Waals surface area contributed by atoms with Crippen LogP contribution in [0.4, 0.5) is 11.4 Å². The molecular formula is C23H17N5O5S2. The molecule has 1 N–H and O–H groups in total. The zero-order chi connectivity index (χ0) is 24.7. The topological polar surface area (TPSA) is 129 Å². The van der Waals surface area contributed by atoms with E-state index in [1.807, 2.05) is 0 Å². The van der Waals surface area contributed by atoms with Gasteiger partial charge in [0, 0.05) is 17.9 Å². The van der Waals surface area contributed by atoms with Gasteiger partial charge >= 0.3 is 0 Å². The molecule has 4 aromatic rings. The fourth-order valence-electron chi connectivity index (χ4n) is 3.68. The Balaban J connectivity index is 1.53. The number of nitrogens with zero attached hydrogens (tertiary/aromatic N) is 4. The van der Waals surface area contributed by atoms with Crippen molar-refractivity contribution in [3.05, 3.63) is 85.0 Å². The second kappa shape index (κ2) is 8.96. The van der Waals surface area contributed by atoms with Gasteiger partial charge in [-0.25, -0.2) is 4.98 Å². The number of carbonyl (C=O) groups is 1. The summed E-state index contributed by atoms with van der Waals surface area (Å²) in [5.41, 5.74) is 1.93. The predicted octanol–water partition coefficient (Wildman–Crippen LogP) is 4.29. The molecule has 0 fully saturated rings. The number of nitro groups is 1. The molecule has 2 aromatic heterocycles. The third kappa shape index (κ3) is 4.06. The van der Waals surface area contributed by atoms with Gasteiger partial charge in [0.25, 0.3) is 17.2 Å². The summed E-state index contributed by atoms with van der Waals surface area (Å²) in [5, 5.41) is 19.0. The zero-order valence-electron chi connectivity index (χ0n) is 18.5. The number of methoxy groups -OCH3 is 1. The normalized spacial score (nSPS) is 12.7. The largest absolute Gasteiger partial charge is 0.495 e. The van der Waals surface area contributed by atoms with E-state index in [9.17, 15) is 19.7 Å². The SMILES string of the molecule is COc1ccccc1NC(=O)c1sc2nc3n(c(=O)c2c1C)N=C(c1ccc([N+](=O)[O-])cc1)CS3. The molecule has 2 aromatic carbocycles. The van der Waals surface area contributed by atoms with Gasteiger partial charge in [-0.2, -0.15) is 9.78 Å². The number of nitro benzene ring substituents is 1. The summed E-state index contributed by atoms with van der Waals surface area (Å²) in [7, 11) is 1.52. The minimum atomic E-state index is -0.470. The van der Waals surface area contributed by atoms with Gasteiger partial charge in [-0.05, 0) is 42.3 Å². The van der Waals surface area contributed by atoms with Crippen molar-refractivity contribution in [1.82, 2.24) is 9.66 Å². The van der Waals surface area contributed by atoms with Crippen molar-refractivity contribution >= 4 is 56.3 Å². The number of para-hydroxylation sites is 2. The molecule has 0 saturated carbocycles. The predicted molar refractivity (Wildman–Crippen MR) is 135 cm³/mol. The van der Waals surface area contributed by atoms with Crippen molar-refractivity contribution in [2.75, 3.05) is 18.2 Å². The number of thiophene rings is 1. The smallest absolute Gasteiger partial charge is 0.283 e. The number of hydrogen-bond donors (Lipinski definition) is 1. The second-order valence-electron chi connectivity index (χ2n) is 7.54. The van der Waals surface area contributed by atoms with Crippen LogP contribution in [0.2, 0.25) is 0 Å². The number of hydrogen-bond acceptors (Lipinski definition) is 9. The molecule has 0 unspecified atom stereocenters. The Bertz CT molecular complexity index is 1590. The first kappa shape index (κ1) is 22.7. The molecule has 0 atom stereocenters. The van der Waals surface area contributed by atoms with Gasteiger partial charge in [0.2, 0.25) is 0 Å². The first-order valence-corrected chi connectivity index (χ1v) is 12.1. The molecule has 35 heavy (non-hydrogen) atoms. The van der Waals surface area contributed by atoms with E-state index in [0.29, 0.717) is 54.3 Å². The van der Waals surface area contributed by atoms with Crippen LogP contribution < -0.4 is 15.6 Å². The number of anilines is 1. The number of amides is 1. The second-order valence-corrected chi connectivity index (χ2v) is 9.48. The third-order valence-corrected chi connectivity index (χ3v) is 7.57. The van der Waals surface area contributed by atoms with Gasteiger partial charge in [0.15, 0.2) is 5.16 Å². The lowest BCUT2D eigenvalue weighted by Crippen LogP contribution is -2.25. The fourth-order valence-corrected chi connectivity index (χ4v) is 5.70. The Morgan fingerprint density at radius 1 is 1.20 bits per heavy atom. The number of thioether (sulfide) groups is 1. The van der Waals surface area contributed by atoms with Crippen LogP contribution >= 0.6 is 23.1 Å². The van der Waals surface area contributed by atoms with Crippen molar-refractivity contribution in [3.63, 3.8) is 0 Å². The molecule has 176 valence electrons. The van der Waals surface area contributed by atoms with E-state index in [0.717, 1.165) is 11.3 Å². The highest BCUT2D eigenvalue weighted by atomic mass is 32.2. The average molecular weight is 508 g/mol. The van der Waals surface area contributed by atoms with E-state index in [1.54, 1.807) is 43.3 Å². The number of rotatable bonds is 5. The van der Waals surface area contributed by atoms with Crippen LogP contribution in [0.3, 0.4) is 0 Å². The van der Waals surface area contributed by atoms with Crippen molar-refractivity contribution in [3.8, 4) is 5.75 Å². The highest BCUT2D eigenvalue weighted by Crippen LogP contribution is 2.32. The molecule has 10 nitrogen and oxygen atoms in total. The van der Waals surface area contributed by atoms with Crippen LogP contribution in [0, 0.1) is 17.0 Å². The van der Waals surface area contributed by atoms with E-state index >= 15 is 0 Å². The number of nitrogens with one attached hydrogen (secondary N) is 1. The molecule has 0 bridgehead atoms. The monoisotopic (exact) mass is 507 g/mol. The fraction of sp³-hybridized carbons (Fsp3) is 0.130. The van der Waals surface area contributed by atoms with Gasteiger partial charge in [0.1, 0.15) is 10.6 Å². The van der Waals surface area contributed by atoms with E-state index < -0.39 is 4.92 Å². The Morgan fingerprint density at radius 2 is 1.94 bits per heavy atom. The minimum absolute atomic E-state index is 0.0217. The Hall–Kier alpha value is -4.03. The van der Waals surface area contributed by atoms with Crippen molar-refractivity contribution in [2.45, 2.75) is 12.1 Å². The average Bonchev–Trinajstić information content (AvgIpc) is 3.20. The maximum Gasteiger partial charge on any atom is 0.283 e. The molecule has 1 amide bonds. The maximum absolute atomic E-state index is 13.4. The molecule has 0 aliphatic carbocycles. The van der Waals surface area contributed by atoms with Crippen molar-refractivity contribution in [2.24, 2.45) is 5.10 Å². The van der Waals surface area contributed by atoms with Crippen molar-refractivity contribution in [1.29, 1.82) is 0 Å². The van der Waals surface area contributed by atoms with Crippen LogP contribution in [0.25, 0.3) is 10.2 Å². The molecule has 1 aliphatic heterocycles. The highest BCUT2D eigenvalue weighted by molar-refractivity contribution is 7.99. The maximum atomic E-state index is 13.4. The third-order valence-electron chi connectivity index (χ3n) is 5.44. The standard InChI is InChI=1S/C23H17N5O5S2/c1-12-18-21(35-19(12)20(29)24-15-5-3-4-6-17(15)33-2)25-23-27(22(18)30)26-16(11-34-23)13-7-9-14(10-8-13)28(31)32/h3-10H,11H2,1-2H3,(H,24,29). The molecule has 0 radical (unpaired) electrons. The lowest BCUT2D eigenvalue weighted by atomic mass is 10.1. The van der Waals surface area contributed by atoms with E-state index in [2.05, 4.69) is 15.4 Å². The van der Waals surface area contributed by atoms with Gasteiger partial charge in [-0.3, -0.25) is 19.7 Å². The highest BCUT2D eigenvalue weighted by Gasteiger charge is 2.25. The number of non-ortho nitro benzene ring substituents is 1. The zero-order valence-corrected chi connectivity index (χ0v) is 20.1. The van der Waals surface area contributed by atoms with Crippen LogP contribution in [0.15, 0.2) is 63.6 Å². The first-order chi connectivity index (χ1) is 16.9. The molecule has 0 spiro atoms. The number of aromatic nitrogens is 2. The van der Waals surface area contributed by atoms with Gasteiger partial charge in [0.05, 0.1) is 33.7 Å². The van der Waals surface area contributed by atoms with E-state index in [1.165, 1.54) is 35.7 Å². The molecule has 1 aliphatic rings. The quantitative estimate of drug-likeness (QED) is 0.242. The molecular weight excluding hydrogens is 490 g/mol. The number of ether oxygens (including phenoxy) is 1. The van der Waals surface area contributed by atoms with Crippen LogP contribution in [-0.4, -0.2) is 39.1 Å². The van der Waals surface area contributed by atoms with Gasteiger partial charge in [-0.15, -0.1) is 11.3 Å². The summed E-state index contributed by atoms with van der Waals surface area (Å²) in [6.07, 6.45) is 0. The number of aryl methyl sites for hydroxylation is 1. The number of benzene rings is 2. The Kier molecular flexibility index (Phi) is 5.83. The summed E-state index contributed by atoms with van der Waals surface area (Å²) in [4.78, 5) is 42.3. The molecule has 5 rings (SSSR count). The minimum Gasteiger partial charge on any atom is -0.495 e. The van der Waals surface area contributed by atoms with Crippen LogP contribution in [0.1, 0.15) is 20.8 Å². The van der Waals surface area contributed by atoms with Crippen LogP contribution in [-0.2, 0) is 0 Å².